The van der Waals surface area contributed by atoms with Crippen molar-refractivity contribution in [3.05, 3.63) is 65.9 Å². The van der Waals surface area contributed by atoms with Crippen LogP contribution in [0.25, 0.3) is 10.9 Å². The van der Waals surface area contributed by atoms with Gasteiger partial charge >= 0.3 is 0 Å². The zero-order chi connectivity index (χ0) is 21.3. The Balaban J connectivity index is 1.46. The molecule has 8 heteroatoms. The molecule has 156 valence electrons. The highest BCUT2D eigenvalue weighted by molar-refractivity contribution is 7.88. The van der Waals surface area contributed by atoms with Crippen molar-refractivity contribution in [3.63, 3.8) is 0 Å². The Labute approximate surface area is 176 Å². The van der Waals surface area contributed by atoms with Gasteiger partial charge < -0.3 is 10.2 Å². The summed E-state index contributed by atoms with van der Waals surface area (Å²) in [7, 11) is -3.14. The third-order valence-electron chi connectivity index (χ3n) is 5.29. The number of pyridine rings is 1. The Bertz CT molecular complexity index is 1180. The lowest BCUT2D eigenvalue weighted by Gasteiger charge is -2.34. The van der Waals surface area contributed by atoms with E-state index in [-0.39, 0.29) is 5.91 Å². The summed E-state index contributed by atoms with van der Waals surface area (Å²) in [6.45, 7) is 4.19. The number of nitrogens with zero attached hydrogens (tertiary/aromatic N) is 3. The molecule has 0 saturated carbocycles. The van der Waals surface area contributed by atoms with Crippen LogP contribution in [0.5, 0.6) is 0 Å². The van der Waals surface area contributed by atoms with Crippen molar-refractivity contribution in [2.75, 3.05) is 42.7 Å². The van der Waals surface area contributed by atoms with Crippen molar-refractivity contribution in [3.8, 4) is 0 Å². The molecule has 4 rings (SSSR count). The quantitative estimate of drug-likeness (QED) is 0.696. The molecule has 0 bridgehead atoms. The molecule has 1 fully saturated rings. The first-order chi connectivity index (χ1) is 14.3. The topological polar surface area (TPSA) is 82.6 Å². The molecule has 1 aromatic heterocycles. The first kappa shape index (κ1) is 20.3. The van der Waals surface area contributed by atoms with Crippen molar-refractivity contribution >= 4 is 38.2 Å². The van der Waals surface area contributed by atoms with Gasteiger partial charge in [-0.3, -0.25) is 9.78 Å². The first-order valence-corrected chi connectivity index (χ1v) is 11.6. The van der Waals surface area contributed by atoms with E-state index in [1.807, 2.05) is 55.5 Å². The predicted octanol–water partition coefficient (Wildman–Crippen LogP) is 2.88. The Morgan fingerprint density at radius 1 is 1.03 bits per heavy atom. The number of fused-ring (bicyclic) bond motifs is 1. The average molecular weight is 425 g/mol. The molecule has 1 amide bonds. The lowest BCUT2D eigenvalue weighted by molar-refractivity contribution is 0.102. The van der Waals surface area contributed by atoms with Crippen molar-refractivity contribution in [2.24, 2.45) is 0 Å². The second-order valence-corrected chi connectivity index (χ2v) is 9.52. The lowest BCUT2D eigenvalue weighted by atomic mass is 10.1. The number of carbonyl (C=O) groups is 1. The average Bonchev–Trinajstić information content (AvgIpc) is 2.73. The number of aryl methyl sites for hydroxylation is 1. The van der Waals surface area contributed by atoms with Gasteiger partial charge in [-0.1, -0.05) is 6.07 Å². The number of carbonyl (C=O) groups excluding carboxylic acids is 1. The smallest absolute Gasteiger partial charge is 0.257 e. The highest BCUT2D eigenvalue weighted by atomic mass is 32.2. The van der Waals surface area contributed by atoms with E-state index in [1.165, 1.54) is 10.6 Å². The highest BCUT2D eigenvalue weighted by Crippen LogP contribution is 2.23. The Morgan fingerprint density at radius 2 is 1.73 bits per heavy atom. The summed E-state index contributed by atoms with van der Waals surface area (Å²) in [5.41, 5.74) is 3.93. The number of piperazine rings is 1. The zero-order valence-electron chi connectivity index (χ0n) is 17.0. The standard InChI is InChI=1S/C22H24N4O3S/c1-16-14-17-4-3-9-23-21(17)20(15-16)22(27)24-18-5-7-19(8-6-18)25-10-12-26(13-11-25)30(2,28)29/h3-9,14-15H,10-13H2,1-2H3,(H,24,27). The summed E-state index contributed by atoms with van der Waals surface area (Å²) in [5.74, 6) is -0.197. The van der Waals surface area contributed by atoms with Gasteiger partial charge in [0.25, 0.3) is 5.91 Å². The summed E-state index contributed by atoms with van der Waals surface area (Å²) < 4.78 is 24.8. The summed E-state index contributed by atoms with van der Waals surface area (Å²) in [4.78, 5) is 19.4. The molecule has 7 nitrogen and oxygen atoms in total. The normalized spacial score (nSPS) is 15.3. The molecule has 30 heavy (non-hydrogen) atoms. The summed E-state index contributed by atoms with van der Waals surface area (Å²) in [6, 6.07) is 15.3. The molecule has 2 heterocycles. The number of hydrogen-bond acceptors (Lipinski definition) is 5. The molecule has 1 aliphatic heterocycles. The minimum atomic E-state index is -3.14. The van der Waals surface area contributed by atoms with Crippen LogP contribution in [0.1, 0.15) is 15.9 Å². The van der Waals surface area contributed by atoms with E-state index in [0.29, 0.717) is 42.9 Å². The van der Waals surface area contributed by atoms with Crippen LogP contribution in [0.15, 0.2) is 54.7 Å². The summed E-state index contributed by atoms with van der Waals surface area (Å²) in [5, 5.41) is 3.89. The summed E-state index contributed by atoms with van der Waals surface area (Å²) >= 11 is 0. The van der Waals surface area contributed by atoms with Gasteiger partial charge in [0.05, 0.1) is 17.3 Å². The molecule has 2 aromatic carbocycles. The fraction of sp³-hybridized carbons (Fsp3) is 0.273. The van der Waals surface area contributed by atoms with Crippen molar-refractivity contribution in [1.29, 1.82) is 0 Å². The van der Waals surface area contributed by atoms with Gasteiger partial charge in [0.2, 0.25) is 10.0 Å². The Kier molecular flexibility index (Phi) is 5.44. The van der Waals surface area contributed by atoms with Crippen molar-refractivity contribution in [1.82, 2.24) is 9.29 Å². The second-order valence-electron chi connectivity index (χ2n) is 7.54. The molecule has 0 aliphatic carbocycles. The molecule has 3 aromatic rings. The molecule has 0 atom stereocenters. The molecule has 0 radical (unpaired) electrons. The highest BCUT2D eigenvalue weighted by Gasteiger charge is 2.23. The van der Waals surface area contributed by atoms with Crippen LogP contribution in [0, 0.1) is 6.92 Å². The van der Waals surface area contributed by atoms with Crippen molar-refractivity contribution < 1.29 is 13.2 Å². The maximum Gasteiger partial charge on any atom is 0.257 e. The fourth-order valence-electron chi connectivity index (χ4n) is 3.75. The van der Waals surface area contributed by atoms with E-state index in [9.17, 15) is 13.2 Å². The minimum Gasteiger partial charge on any atom is -0.369 e. The fourth-order valence-corrected chi connectivity index (χ4v) is 4.57. The van der Waals surface area contributed by atoms with Gasteiger partial charge in [0.1, 0.15) is 0 Å². The van der Waals surface area contributed by atoms with E-state index in [2.05, 4.69) is 15.2 Å². The monoisotopic (exact) mass is 424 g/mol. The van der Waals surface area contributed by atoms with E-state index >= 15 is 0 Å². The summed E-state index contributed by atoms with van der Waals surface area (Å²) in [6.07, 6.45) is 2.93. The van der Waals surface area contributed by atoms with Crippen LogP contribution >= 0.6 is 0 Å². The number of aromatic nitrogens is 1. The van der Waals surface area contributed by atoms with E-state index in [1.54, 1.807) is 6.20 Å². The maximum absolute atomic E-state index is 12.9. The van der Waals surface area contributed by atoms with E-state index < -0.39 is 10.0 Å². The van der Waals surface area contributed by atoms with Gasteiger partial charge in [-0.2, -0.15) is 4.31 Å². The Morgan fingerprint density at radius 3 is 2.40 bits per heavy atom. The number of anilines is 2. The zero-order valence-corrected chi connectivity index (χ0v) is 17.8. The van der Waals surface area contributed by atoms with Crippen LogP contribution in [0.4, 0.5) is 11.4 Å². The SMILES string of the molecule is Cc1cc(C(=O)Nc2ccc(N3CCN(S(C)(=O)=O)CC3)cc2)c2ncccc2c1. The number of sulfonamides is 1. The van der Waals surface area contributed by atoms with E-state index in [4.69, 9.17) is 0 Å². The number of benzene rings is 2. The first-order valence-electron chi connectivity index (χ1n) is 9.78. The minimum absolute atomic E-state index is 0.197. The molecule has 0 unspecified atom stereocenters. The maximum atomic E-state index is 12.9. The second kappa shape index (κ2) is 8.04. The van der Waals surface area contributed by atoms with Gasteiger partial charge in [0, 0.05) is 49.1 Å². The van der Waals surface area contributed by atoms with Crippen LogP contribution in [-0.4, -0.2) is 56.0 Å². The number of rotatable bonds is 4. The molecule has 1 N–H and O–H groups in total. The van der Waals surface area contributed by atoms with Crippen LogP contribution in [0.3, 0.4) is 0 Å². The number of nitrogens with one attached hydrogen (secondary N) is 1. The molecule has 1 saturated heterocycles. The number of hydrogen-bond donors (Lipinski definition) is 1. The van der Waals surface area contributed by atoms with Crippen LogP contribution in [-0.2, 0) is 10.0 Å². The van der Waals surface area contributed by atoms with Crippen LogP contribution in [0.2, 0.25) is 0 Å². The largest absolute Gasteiger partial charge is 0.369 e. The van der Waals surface area contributed by atoms with Gasteiger partial charge in [-0.15, -0.1) is 0 Å². The van der Waals surface area contributed by atoms with Crippen LogP contribution < -0.4 is 10.2 Å². The Hall–Kier alpha value is -2.97. The molecule has 1 aliphatic rings. The predicted molar refractivity (Wildman–Crippen MR) is 120 cm³/mol. The third-order valence-corrected chi connectivity index (χ3v) is 6.60. The van der Waals surface area contributed by atoms with Crippen molar-refractivity contribution in [2.45, 2.75) is 6.92 Å². The molecule has 0 spiro atoms. The van der Waals surface area contributed by atoms with Gasteiger partial charge in [-0.25, -0.2) is 8.42 Å². The molecular weight excluding hydrogens is 400 g/mol. The third kappa shape index (κ3) is 4.29. The van der Waals surface area contributed by atoms with E-state index in [0.717, 1.165) is 16.6 Å². The van der Waals surface area contributed by atoms with Gasteiger partial charge in [0.15, 0.2) is 0 Å². The molecular formula is C22H24N4O3S. The van der Waals surface area contributed by atoms with Gasteiger partial charge in [-0.05, 0) is 55.0 Å². The number of amides is 1. The lowest BCUT2D eigenvalue weighted by Crippen LogP contribution is -2.48.